The van der Waals surface area contributed by atoms with Gasteiger partial charge in [-0.1, -0.05) is 48.5 Å². The Balaban J connectivity index is 1.55. The third-order valence-corrected chi connectivity index (χ3v) is 5.49. The second kappa shape index (κ2) is 5.99. The molecule has 120 valence electrons. The number of piperidine rings is 1. The monoisotopic (exact) mass is 308 g/mol. The Morgan fingerprint density at radius 3 is 2.61 bits per heavy atom. The summed E-state index contributed by atoms with van der Waals surface area (Å²) < 4.78 is 0. The number of nitrogens with zero attached hydrogens (tertiary/aromatic N) is 2. The second-order valence-corrected chi connectivity index (χ2v) is 6.86. The van der Waals surface area contributed by atoms with Crippen molar-refractivity contribution >= 4 is 5.69 Å². The minimum Gasteiger partial charge on any atom is -0.388 e. The number of rotatable bonds is 2. The van der Waals surface area contributed by atoms with E-state index in [2.05, 4.69) is 65.4 Å². The van der Waals surface area contributed by atoms with E-state index in [1.54, 1.807) is 0 Å². The first kappa shape index (κ1) is 14.7. The van der Waals surface area contributed by atoms with Gasteiger partial charge in [0.05, 0.1) is 6.10 Å². The number of aliphatic hydroxyl groups is 1. The molecule has 3 unspecified atom stereocenters. The van der Waals surface area contributed by atoms with E-state index in [0.29, 0.717) is 6.04 Å². The number of hydrogen-bond donors (Lipinski definition) is 1. The van der Waals surface area contributed by atoms with E-state index in [1.165, 1.54) is 11.3 Å². The number of anilines is 1. The highest BCUT2D eigenvalue weighted by Gasteiger charge is 2.41. The van der Waals surface area contributed by atoms with E-state index >= 15 is 0 Å². The van der Waals surface area contributed by atoms with Gasteiger partial charge in [0.2, 0.25) is 0 Å². The molecular weight excluding hydrogens is 284 g/mol. The van der Waals surface area contributed by atoms with E-state index in [1.807, 2.05) is 6.07 Å². The zero-order valence-corrected chi connectivity index (χ0v) is 13.6. The first-order valence-electron chi connectivity index (χ1n) is 8.50. The lowest BCUT2D eigenvalue weighted by atomic mass is 9.79. The summed E-state index contributed by atoms with van der Waals surface area (Å²) in [6, 6.07) is 19.4. The van der Waals surface area contributed by atoms with Crippen molar-refractivity contribution in [3.05, 3.63) is 65.7 Å². The van der Waals surface area contributed by atoms with Crippen LogP contribution in [0, 0.1) is 5.92 Å². The first-order valence-corrected chi connectivity index (χ1v) is 8.50. The maximum Gasteiger partial charge on any atom is 0.0870 e. The molecule has 3 atom stereocenters. The minimum atomic E-state index is -0.356. The molecule has 2 aliphatic rings. The maximum absolute atomic E-state index is 10.9. The van der Waals surface area contributed by atoms with Gasteiger partial charge in [-0.05, 0) is 18.1 Å². The molecule has 1 fully saturated rings. The SMILES string of the molecule is CN1c2ccccc2C(O)C2CN(Cc3ccccc3)CCC21. The van der Waals surface area contributed by atoms with Crippen LogP contribution in [0.4, 0.5) is 5.69 Å². The molecule has 0 spiro atoms. The summed E-state index contributed by atoms with van der Waals surface area (Å²) in [4.78, 5) is 4.87. The van der Waals surface area contributed by atoms with Crippen LogP contribution < -0.4 is 4.90 Å². The van der Waals surface area contributed by atoms with E-state index in [-0.39, 0.29) is 12.0 Å². The molecule has 0 aliphatic carbocycles. The fraction of sp³-hybridized carbons (Fsp3) is 0.400. The van der Waals surface area contributed by atoms with Crippen LogP contribution in [0.3, 0.4) is 0 Å². The number of hydrogen-bond acceptors (Lipinski definition) is 3. The van der Waals surface area contributed by atoms with Crippen LogP contribution in [0.5, 0.6) is 0 Å². The highest BCUT2D eigenvalue weighted by Crippen LogP contribution is 2.43. The molecule has 0 saturated carbocycles. The van der Waals surface area contributed by atoms with Crippen molar-refractivity contribution in [3.63, 3.8) is 0 Å². The van der Waals surface area contributed by atoms with Crippen molar-refractivity contribution in [1.29, 1.82) is 0 Å². The molecule has 0 aromatic heterocycles. The quantitative estimate of drug-likeness (QED) is 0.924. The van der Waals surface area contributed by atoms with Gasteiger partial charge >= 0.3 is 0 Å². The summed E-state index contributed by atoms with van der Waals surface area (Å²) >= 11 is 0. The lowest BCUT2D eigenvalue weighted by molar-refractivity contribution is 0.0269. The summed E-state index contributed by atoms with van der Waals surface area (Å²) in [5.41, 5.74) is 3.63. The molecule has 23 heavy (non-hydrogen) atoms. The van der Waals surface area contributed by atoms with Crippen LogP contribution in [0.25, 0.3) is 0 Å². The smallest absolute Gasteiger partial charge is 0.0870 e. The standard InChI is InChI=1S/C20H24N2O/c1-21-18-10-6-5-9-16(18)20(23)17-14-22(12-11-19(17)21)13-15-7-3-2-4-8-15/h2-10,17,19-20,23H,11-14H2,1H3. The Hall–Kier alpha value is -1.84. The predicted octanol–water partition coefficient (Wildman–Crippen LogP) is 3.06. The first-order chi connectivity index (χ1) is 11.2. The molecule has 2 aromatic rings. The van der Waals surface area contributed by atoms with Crippen molar-refractivity contribution in [2.75, 3.05) is 25.0 Å². The molecule has 3 nitrogen and oxygen atoms in total. The summed E-state index contributed by atoms with van der Waals surface area (Å²) in [6.45, 7) is 3.02. The van der Waals surface area contributed by atoms with Crippen LogP contribution >= 0.6 is 0 Å². The van der Waals surface area contributed by atoms with Crippen molar-refractivity contribution in [2.45, 2.75) is 25.1 Å². The van der Waals surface area contributed by atoms with Crippen molar-refractivity contribution in [1.82, 2.24) is 4.90 Å². The summed E-state index contributed by atoms with van der Waals surface area (Å²) in [6.07, 6.45) is 0.755. The lowest BCUT2D eigenvalue weighted by Gasteiger charge is -2.49. The molecule has 1 saturated heterocycles. The van der Waals surface area contributed by atoms with E-state index in [4.69, 9.17) is 0 Å². The zero-order chi connectivity index (χ0) is 15.8. The molecule has 2 aromatic carbocycles. The Morgan fingerprint density at radius 1 is 1.04 bits per heavy atom. The average Bonchev–Trinajstić information content (AvgIpc) is 2.60. The van der Waals surface area contributed by atoms with Crippen molar-refractivity contribution in [2.24, 2.45) is 5.92 Å². The molecular formula is C20H24N2O. The fourth-order valence-electron chi connectivity index (χ4n) is 4.28. The molecule has 4 rings (SSSR count). The second-order valence-electron chi connectivity index (χ2n) is 6.86. The van der Waals surface area contributed by atoms with Crippen LogP contribution in [-0.2, 0) is 6.54 Å². The normalized spacial score (nSPS) is 27.4. The van der Waals surface area contributed by atoms with E-state index < -0.39 is 0 Å². The van der Waals surface area contributed by atoms with Gasteiger partial charge in [-0.15, -0.1) is 0 Å². The van der Waals surface area contributed by atoms with Gasteiger partial charge in [-0.2, -0.15) is 0 Å². The number of benzene rings is 2. The van der Waals surface area contributed by atoms with Crippen molar-refractivity contribution in [3.8, 4) is 0 Å². The van der Waals surface area contributed by atoms with Crippen LogP contribution in [0.15, 0.2) is 54.6 Å². The fourth-order valence-corrected chi connectivity index (χ4v) is 4.28. The van der Waals surface area contributed by atoms with Gasteiger partial charge in [0.1, 0.15) is 0 Å². The Morgan fingerprint density at radius 2 is 1.78 bits per heavy atom. The molecule has 2 heterocycles. The van der Waals surface area contributed by atoms with E-state index in [0.717, 1.165) is 31.6 Å². The minimum absolute atomic E-state index is 0.285. The summed E-state index contributed by atoms with van der Waals surface area (Å²) in [5.74, 6) is 0.285. The Kier molecular flexibility index (Phi) is 3.83. The molecule has 0 amide bonds. The Bertz CT molecular complexity index is 672. The zero-order valence-electron chi connectivity index (χ0n) is 13.6. The highest BCUT2D eigenvalue weighted by atomic mass is 16.3. The summed E-state index contributed by atoms with van der Waals surface area (Å²) in [5, 5.41) is 10.9. The van der Waals surface area contributed by atoms with Gasteiger partial charge < -0.3 is 10.0 Å². The van der Waals surface area contributed by atoms with Gasteiger partial charge in [-0.3, -0.25) is 4.90 Å². The van der Waals surface area contributed by atoms with Crippen LogP contribution in [0.2, 0.25) is 0 Å². The van der Waals surface area contributed by atoms with Crippen molar-refractivity contribution < 1.29 is 5.11 Å². The number of fused-ring (bicyclic) bond motifs is 2. The molecule has 0 bridgehead atoms. The largest absolute Gasteiger partial charge is 0.388 e. The number of aliphatic hydroxyl groups excluding tert-OH is 1. The maximum atomic E-state index is 10.9. The average molecular weight is 308 g/mol. The van der Waals surface area contributed by atoms with E-state index in [9.17, 15) is 5.11 Å². The number of likely N-dealkylation sites (tertiary alicyclic amines) is 1. The third kappa shape index (κ3) is 2.64. The number of para-hydroxylation sites is 1. The molecule has 0 radical (unpaired) electrons. The van der Waals surface area contributed by atoms with Crippen LogP contribution in [0.1, 0.15) is 23.7 Å². The molecule has 1 N–H and O–H groups in total. The molecule has 3 heteroatoms. The van der Waals surface area contributed by atoms with Gasteiger partial charge in [0, 0.05) is 49.9 Å². The predicted molar refractivity (Wildman–Crippen MR) is 93.4 cm³/mol. The van der Waals surface area contributed by atoms with Gasteiger partial charge in [0.15, 0.2) is 0 Å². The van der Waals surface area contributed by atoms with Crippen LogP contribution in [-0.4, -0.2) is 36.2 Å². The van der Waals surface area contributed by atoms with Gasteiger partial charge in [-0.25, -0.2) is 0 Å². The third-order valence-electron chi connectivity index (χ3n) is 5.49. The molecule has 2 aliphatic heterocycles. The lowest BCUT2D eigenvalue weighted by Crippen LogP contribution is -2.54. The topological polar surface area (TPSA) is 26.7 Å². The van der Waals surface area contributed by atoms with Gasteiger partial charge in [0.25, 0.3) is 0 Å². The highest BCUT2D eigenvalue weighted by molar-refractivity contribution is 5.57. The Labute approximate surface area is 138 Å². The summed E-state index contributed by atoms with van der Waals surface area (Å²) in [7, 11) is 2.18.